The van der Waals surface area contributed by atoms with Gasteiger partial charge in [0, 0.05) is 17.4 Å². The molecule has 7 nitrogen and oxygen atoms in total. The Morgan fingerprint density at radius 1 is 1.13 bits per heavy atom. The summed E-state index contributed by atoms with van der Waals surface area (Å²) < 4.78 is 24.9. The van der Waals surface area contributed by atoms with Gasteiger partial charge in [-0.2, -0.15) is 0 Å². The third-order valence-corrected chi connectivity index (χ3v) is 5.28. The Morgan fingerprint density at radius 2 is 1.93 bits per heavy atom. The van der Waals surface area contributed by atoms with Crippen LogP contribution in [-0.2, 0) is 16.0 Å². The summed E-state index contributed by atoms with van der Waals surface area (Å²) in [5.74, 6) is 0.164. The molecule has 0 saturated carbocycles. The minimum absolute atomic E-state index is 0.108. The molecule has 0 spiro atoms. The van der Waals surface area contributed by atoms with Gasteiger partial charge in [0.25, 0.3) is 0 Å². The van der Waals surface area contributed by atoms with E-state index in [1.807, 2.05) is 13.0 Å². The fourth-order valence-electron chi connectivity index (χ4n) is 3.07. The summed E-state index contributed by atoms with van der Waals surface area (Å²) in [5.41, 5.74) is 2.04. The molecule has 154 valence electrons. The van der Waals surface area contributed by atoms with E-state index in [1.54, 1.807) is 18.2 Å². The van der Waals surface area contributed by atoms with E-state index in [0.29, 0.717) is 27.9 Å². The maximum Gasteiger partial charge on any atom is 0.231 e. The fourth-order valence-corrected chi connectivity index (χ4v) is 3.92. The summed E-state index contributed by atoms with van der Waals surface area (Å²) in [4.78, 5) is 28.8. The Labute approximate surface area is 175 Å². The van der Waals surface area contributed by atoms with Gasteiger partial charge in [-0.05, 0) is 36.8 Å². The molecule has 0 atom stereocenters. The van der Waals surface area contributed by atoms with Crippen molar-refractivity contribution in [3.05, 3.63) is 52.7 Å². The number of anilines is 2. The quantitative estimate of drug-likeness (QED) is 0.639. The first-order valence-electron chi connectivity index (χ1n) is 9.12. The molecule has 0 aliphatic carbocycles. The summed E-state index contributed by atoms with van der Waals surface area (Å²) in [6.07, 6.45) is 0.157. The number of thiazole rings is 1. The fraction of sp³-hybridized carbons (Fsp3) is 0.190. The zero-order valence-electron chi connectivity index (χ0n) is 16.2. The zero-order valence-corrected chi connectivity index (χ0v) is 17.1. The first-order chi connectivity index (χ1) is 14.4. The van der Waals surface area contributed by atoms with Crippen molar-refractivity contribution in [2.45, 2.75) is 20.3 Å². The average Bonchev–Trinajstić information content (AvgIpc) is 3.28. The Morgan fingerprint density at radius 3 is 2.70 bits per heavy atom. The number of amides is 2. The molecular formula is C21H18FN3O4S. The molecule has 30 heavy (non-hydrogen) atoms. The number of benzene rings is 2. The summed E-state index contributed by atoms with van der Waals surface area (Å²) in [7, 11) is 0. The molecule has 1 aliphatic heterocycles. The summed E-state index contributed by atoms with van der Waals surface area (Å²) >= 11 is 1.31. The monoisotopic (exact) mass is 427 g/mol. The van der Waals surface area contributed by atoms with Gasteiger partial charge in [0.1, 0.15) is 5.82 Å². The average molecular weight is 427 g/mol. The molecule has 3 aromatic rings. The minimum Gasteiger partial charge on any atom is -0.454 e. The highest BCUT2D eigenvalue weighted by molar-refractivity contribution is 7.16. The molecular weight excluding hydrogens is 409 g/mol. The molecule has 1 aliphatic rings. The molecule has 1 aromatic heterocycles. The Balaban J connectivity index is 1.46. The van der Waals surface area contributed by atoms with Crippen LogP contribution in [0.3, 0.4) is 0 Å². The van der Waals surface area contributed by atoms with Crippen LogP contribution < -0.4 is 20.1 Å². The van der Waals surface area contributed by atoms with E-state index < -0.39 is 5.82 Å². The lowest BCUT2D eigenvalue weighted by Gasteiger charge is -2.06. The van der Waals surface area contributed by atoms with Crippen LogP contribution >= 0.6 is 11.3 Å². The molecule has 0 unspecified atom stereocenters. The zero-order chi connectivity index (χ0) is 21.3. The third kappa shape index (κ3) is 4.25. The largest absolute Gasteiger partial charge is 0.454 e. The maximum absolute atomic E-state index is 14.3. The van der Waals surface area contributed by atoms with Crippen molar-refractivity contribution in [1.29, 1.82) is 0 Å². The Bertz CT molecular complexity index is 1150. The molecule has 2 heterocycles. The minimum atomic E-state index is -0.552. The number of aryl methyl sites for hydroxylation is 1. The maximum atomic E-state index is 14.3. The van der Waals surface area contributed by atoms with Crippen LogP contribution in [0.15, 0.2) is 36.4 Å². The predicted molar refractivity (Wildman–Crippen MR) is 111 cm³/mol. The van der Waals surface area contributed by atoms with Crippen molar-refractivity contribution in [3.8, 4) is 22.8 Å². The molecule has 0 radical (unpaired) electrons. The third-order valence-electron chi connectivity index (χ3n) is 4.40. The molecule has 2 amide bonds. The summed E-state index contributed by atoms with van der Waals surface area (Å²) in [6.45, 7) is 3.34. The van der Waals surface area contributed by atoms with Crippen molar-refractivity contribution < 1.29 is 23.5 Å². The number of carbonyl (C=O) groups excluding carboxylic acids is 2. The number of carbonyl (C=O) groups is 2. The standard InChI is InChI=1S/C21H18FN3O4S/c1-11-20(14-4-5-16(15(22)9-14)23-12(2)26)25-21(30-11)24-19(27)8-13-3-6-17-18(7-13)29-10-28-17/h3-7,9H,8,10H2,1-2H3,(H,23,26)(H,24,25,27). The van der Waals surface area contributed by atoms with Crippen molar-refractivity contribution in [1.82, 2.24) is 4.98 Å². The van der Waals surface area contributed by atoms with E-state index in [1.165, 1.54) is 30.4 Å². The molecule has 9 heteroatoms. The van der Waals surface area contributed by atoms with Crippen LogP contribution in [-0.4, -0.2) is 23.6 Å². The Hall–Kier alpha value is -3.46. The van der Waals surface area contributed by atoms with Crippen LogP contribution in [0.1, 0.15) is 17.4 Å². The number of nitrogens with zero attached hydrogens (tertiary/aromatic N) is 1. The van der Waals surface area contributed by atoms with Gasteiger partial charge < -0.3 is 20.1 Å². The molecule has 0 fully saturated rings. The molecule has 0 bridgehead atoms. The SMILES string of the molecule is CC(=O)Nc1ccc(-c2nc(NC(=O)Cc3ccc4c(c3)OCO4)sc2C)cc1F. The van der Waals surface area contributed by atoms with Crippen LogP contribution in [0.2, 0.25) is 0 Å². The lowest BCUT2D eigenvalue weighted by molar-refractivity contribution is -0.116. The van der Waals surface area contributed by atoms with Crippen molar-refractivity contribution in [2.75, 3.05) is 17.4 Å². The number of hydrogen-bond donors (Lipinski definition) is 2. The number of fused-ring (bicyclic) bond motifs is 1. The van der Waals surface area contributed by atoms with Gasteiger partial charge in [-0.1, -0.05) is 12.1 Å². The topological polar surface area (TPSA) is 89.6 Å². The summed E-state index contributed by atoms with van der Waals surface area (Å²) in [5, 5.41) is 5.65. The van der Waals surface area contributed by atoms with Crippen LogP contribution in [0.5, 0.6) is 11.5 Å². The number of nitrogens with one attached hydrogen (secondary N) is 2. The van der Waals surface area contributed by atoms with Crippen LogP contribution in [0.25, 0.3) is 11.3 Å². The van der Waals surface area contributed by atoms with E-state index in [4.69, 9.17) is 9.47 Å². The number of hydrogen-bond acceptors (Lipinski definition) is 6. The predicted octanol–water partition coefficient (Wildman–Crippen LogP) is 4.13. The van der Waals surface area contributed by atoms with Crippen molar-refractivity contribution in [3.63, 3.8) is 0 Å². The smallest absolute Gasteiger partial charge is 0.231 e. The number of rotatable bonds is 5. The van der Waals surface area contributed by atoms with Gasteiger partial charge in [-0.15, -0.1) is 11.3 Å². The van der Waals surface area contributed by atoms with Crippen LogP contribution in [0, 0.1) is 12.7 Å². The van der Waals surface area contributed by atoms with E-state index in [0.717, 1.165) is 10.4 Å². The number of halogens is 1. The second kappa shape index (κ2) is 8.11. The van der Waals surface area contributed by atoms with Gasteiger partial charge in [-0.3, -0.25) is 9.59 Å². The van der Waals surface area contributed by atoms with E-state index in [9.17, 15) is 14.0 Å². The van der Waals surface area contributed by atoms with Gasteiger partial charge in [0.2, 0.25) is 18.6 Å². The van der Waals surface area contributed by atoms with Crippen molar-refractivity contribution in [2.24, 2.45) is 0 Å². The van der Waals surface area contributed by atoms with Crippen molar-refractivity contribution >= 4 is 34.0 Å². The second-order valence-electron chi connectivity index (χ2n) is 6.71. The lowest BCUT2D eigenvalue weighted by atomic mass is 10.1. The van der Waals surface area contributed by atoms with Gasteiger partial charge in [0.05, 0.1) is 17.8 Å². The molecule has 2 N–H and O–H groups in total. The normalized spacial score (nSPS) is 12.0. The van der Waals surface area contributed by atoms with Gasteiger partial charge >= 0.3 is 0 Å². The lowest BCUT2D eigenvalue weighted by Crippen LogP contribution is -2.14. The van der Waals surface area contributed by atoms with Gasteiger partial charge in [-0.25, -0.2) is 9.37 Å². The number of aromatic nitrogens is 1. The second-order valence-corrected chi connectivity index (χ2v) is 7.92. The summed E-state index contributed by atoms with van der Waals surface area (Å²) in [6, 6.07) is 9.84. The first kappa shape index (κ1) is 19.8. The van der Waals surface area contributed by atoms with Gasteiger partial charge in [0.15, 0.2) is 16.6 Å². The first-order valence-corrected chi connectivity index (χ1v) is 9.94. The highest BCUT2D eigenvalue weighted by atomic mass is 32.1. The van der Waals surface area contributed by atoms with Crippen LogP contribution in [0.4, 0.5) is 15.2 Å². The number of ether oxygens (including phenoxy) is 2. The molecule has 2 aromatic carbocycles. The molecule has 0 saturated heterocycles. The molecule has 4 rings (SSSR count). The highest BCUT2D eigenvalue weighted by Crippen LogP contribution is 2.34. The van der Waals surface area contributed by atoms with E-state index in [-0.39, 0.29) is 30.7 Å². The highest BCUT2D eigenvalue weighted by Gasteiger charge is 2.17. The van der Waals surface area contributed by atoms with E-state index >= 15 is 0 Å². The van der Waals surface area contributed by atoms with E-state index in [2.05, 4.69) is 15.6 Å². The Kier molecular flexibility index (Phi) is 5.37.